The largest absolute Gasteiger partial charge is 0.449 e. The first kappa shape index (κ1) is 21.4. The van der Waals surface area contributed by atoms with Gasteiger partial charge < -0.3 is 14.5 Å². The highest BCUT2D eigenvalue weighted by Gasteiger charge is 2.25. The van der Waals surface area contributed by atoms with Gasteiger partial charge in [-0.2, -0.15) is 0 Å². The highest BCUT2D eigenvalue weighted by atomic mass is 16.5. The number of aromatic nitrogens is 1. The van der Waals surface area contributed by atoms with Gasteiger partial charge in [0.25, 0.3) is 5.91 Å². The van der Waals surface area contributed by atoms with Crippen molar-refractivity contribution < 1.29 is 18.7 Å². The molecule has 0 spiro atoms. The van der Waals surface area contributed by atoms with Gasteiger partial charge in [0.05, 0.1) is 11.1 Å². The molecule has 0 fully saturated rings. The van der Waals surface area contributed by atoms with E-state index in [0.29, 0.717) is 34.7 Å². The van der Waals surface area contributed by atoms with Gasteiger partial charge in [0.2, 0.25) is 5.89 Å². The van der Waals surface area contributed by atoms with Crippen LogP contribution < -0.4 is 5.32 Å². The summed E-state index contributed by atoms with van der Waals surface area (Å²) in [6, 6.07) is 27.8. The molecule has 0 saturated heterocycles. The number of rotatable bonds is 6. The second kappa shape index (κ2) is 9.19. The Hall–Kier alpha value is -4.45. The minimum Gasteiger partial charge on any atom is -0.449 e. The number of carbonyl (C=O) groups excluding carboxylic acids is 2. The molecular formula is C28H22N2O4. The number of nitrogens with zero attached hydrogens (tertiary/aromatic N) is 1. The zero-order valence-electron chi connectivity index (χ0n) is 18.5. The number of hydrogen-bond donors (Lipinski definition) is 1. The number of ether oxygens (including phenoxy) is 1. The number of oxazole rings is 1. The van der Waals surface area contributed by atoms with Crippen molar-refractivity contribution in [3.63, 3.8) is 0 Å². The topological polar surface area (TPSA) is 81.4 Å². The summed E-state index contributed by atoms with van der Waals surface area (Å²) in [5.41, 5.74) is 2.78. The summed E-state index contributed by atoms with van der Waals surface area (Å²) in [5.74, 6) is -0.675. The number of hydrogen-bond acceptors (Lipinski definition) is 5. The first-order valence-corrected chi connectivity index (χ1v) is 11.1. The second-order valence-electron chi connectivity index (χ2n) is 7.85. The molecule has 0 aliphatic carbocycles. The number of amides is 1. The summed E-state index contributed by atoms with van der Waals surface area (Å²) in [6.45, 7) is 1.80. The van der Waals surface area contributed by atoms with E-state index in [1.807, 2.05) is 66.7 Å². The Kier molecular flexibility index (Phi) is 5.79. The maximum absolute atomic E-state index is 13.1. The predicted molar refractivity (Wildman–Crippen MR) is 132 cm³/mol. The molecule has 6 nitrogen and oxygen atoms in total. The van der Waals surface area contributed by atoms with Gasteiger partial charge in [-0.05, 0) is 42.1 Å². The molecule has 1 unspecified atom stereocenters. The van der Waals surface area contributed by atoms with Crippen LogP contribution in [-0.2, 0) is 9.53 Å². The van der Waals surface area contributed by atoms with Crippen molar-refractivity contribution in [2.75, 3.05) is 5.32 Å². The third-order valence-corrected chi connectivity index (χ3v) is 5.63. The van der Waals surface area contributed by atoms with Crippen molar-refractivity contribution in [1.29, 1.82) is 0 Å². The fraction of sp³-hybridized carbons (Fsp3) is 0.107. The van der Waals surface area contributed by atoms with Crippen molar-refractivity contribution in [2.45, 2.75) is 19.4 Å². The zero-order valence-corrected chi connectivity index (χ0v) is 18.5. The lowest BCUT2D eigenvalue weighted by Gasteiger charge is -2.17. The van der Waals surface area contributed by atoms with Gasteiger partial charge in [-0.15, -0.1) is 0 Å². The first-order valence-electron chi connectivity index (χ1n) is 11.1. The lowest BCUT2D eigenvalue weighted by molar-refractivity contribution is -0.124. The lowest BCUT2D eigenvalue weighted by Crippen LogP contribution is -2.32. The molecular weight excluding hydrogens is 428 g/mol. The number of carbonyl (C=O) groups is 2. The SMILES string of the molecule is CCC(OC(=O)c1ccccc1-c1nc2ccccc2o1)C(=O)Nc1cccc2ccccc12. The Labute approximate surface area is 196 Å². The summed E-state index contributed by atoms with van der Waals surface area (Å²) in [4.78, 5) is 30.6. The molecule has 1 atom stereocenters. The standard InChI is InChI=1S/C28H22N2O4/c1-2-24(26(31)29-22-16-9-11-18-10-3-4-12-19(18)22)34-28(32)21-14-6-5-13-20(21)27-30-23-15-7-8-17-25(23)33-27/h3-17,24H,2H2,1H3,(H,29,31). The average molecular weight is 450 g/mol. The van der Waals surface area contributed by atoms with Crippen LogP contribution >= 0.6 is 0 Å². The van der Waals surface area contributed by atoms with Crippen LogP contribution in [0, 0.1) is 0 Å². The molecule has 4 aromatic carbocycles. The summed E-state index contributed by atoms with van der Waals surface area (Å²) in [7, 11) is 0. The Balaban J connectivity index is 1.38. The van der Waals surface area contributed by atoms with E-state index in [1.54, 1.807) is 31.2 Å². The van der Waals surface area contributed by atoms with E-state index in [0.717, 1.165) is 10.8 Å². The molecule has 0 saturated carbocycles. The lowest BCUT2D eigenvalue weighted by atomic mass is 10.1. The number of anilines is 1. The minimum absolute atomic E-state index is 0.283. The Morgan fingerprint density at radius 3 is 2.50 bits per heavy atom. The smallest absolute Gasteiger partial charge is 0.339 e. The van der Waals surface area contributed by atoms with Crippen LogP contribution in [0.2, 0.25) is 0 Å². The number of benzene rings is 4. The van der Waals surface area contributed by atoms with Crippen molar-refractivity contribution in [3.8, 4) is 11.5 Å². The van der Waals surface area contributed by atoms with E-state index in [-0.39, 0.29) is 11.5 Å². The summed E-state index contributed by atoms with van der Waals surface area (Å²) in [5, 5.41) is 4.84. The van der Waals surface area contributed by atoms with E-state index in [1.165, 1.54) is 0 Å². The molecule has 1 heterocycles. The average Bonchev–Trinajstić information content (AvgIpc) is 3.31. The summed E-state index contributed by atoms with van der Waals surface area (Å²) in [6.07, 6.45) is -0.629. The van der Waals surface area contributed by atoms with Crippen LogP contribution in [0.3, 0.4) is 0 Å². The van der Waals surface area contributed by atoms with Crippen molar-refractivity contribution in [3.05, 3.63) is 96.6 Å². The van der Waals surface area contributed by atoms with Crippen molar-refractivity contribution in [1.82, 2.24) is 4.98 Å². The normalized spacial score (nSPS) is 11.9. The third kappa shape index (κ3) is 4.13. The fourth-order valence-corrected chi connectivity index (χ4v) is 3.90. The third-order valence-electron chi connectivity index (χ3n) is 5.63. The van der Waals surface area contributed by atoms with Crippen molar-refractivity contribution >= 4 is 39.4 Å². The van der Waals surface area contributed by atoms with E-state index in [4.69, 9.17) is 9.15 Å². The van der Waals surface area contributed by atoms with E-state index < -0.39 is 12.1 Å². The van der Waals surface area contributed by atoms with E-state index >= 15 is 0 Å². The molecule has 34 heavy (non-hydrogen) atoms. The van der Waals surface area contributed by atoms with Gasteiger partial charge in [0, 0.05) is 11.1 Å². The maximum atomic E-state index is 13.1. The highest BCUT2D eigenvalue weighted by Crippen LogP contribution is 2.28. The highest BCUT2D eigenvalue weighted by molar-refractivity contribution is 6.05. The summed E-state index contributed by atoms with van der Waals surface area (Å²) >= 11 is 0. The van der Waals surface area contributed by atoms with Gasteiger partial charge >= 0.3 is 5.97 Å². The Morgan fingerprint density at radius 2 is 1.65 bits per heavy atom. The quantitative estimate of drug-likeness (QED) is 0.311. The number of nitrogens with one attached hydrogen (secondary N) is 1. The summed E-state index contributed by atoms with van der Waals surface area (Å²) < 4.78 is 11.5. The van der Waals surface area contributed by atoms with Gasteiger partial charge in [0.1, 0.15) is 5.52 Å². The molecule has 0 radical (unpaired) electrons. The number of para-hydroxylation sites is 2. The predicted octanol–water partition coefficient (Wildman–Crippen LogP) is 6.22. The number of fused-ring (bicyclic) bond motifs is 2. The van der Waals surface area contributed by atoms with Crippen LogP contribution in [0.25, 0.3) is 33.3 Å². The molecule has 0 aliphatic rings. The van der Waals surface area contributed by atoms with Crippen LogP contribution in [0.1, 0.15) is 23.7 Å². The molecule has 168 valence electrons. The minimum atomic E-state index is -0.955. The monoisotopic (exact) mass is 450 g/mol. The first-order chi connectivity index (χ1) is 16.6. The van der Waals surface area contributed by atoms with Gasteiger partial charge in [0.15, 0.2) is 11.7 Å². The molecule has 5 aromatic rings. The Morgan fingerprint density at radius 1 is 0.912 bits per heavy atom. The van der Waals surface area contributed by atoms with E-state index in [9.17, 15) is 9.59 Å². The van der Waals surface area contributed by atoms with Crippen LogP contribution in [0.4, 0.5) is 5.69 Å². The van der Waals surface area contributed by atoms with Crippen LogP contribution in [0.15, 0.2) is 95.4 Å². The second-order valence-corrected chi connectivity index (χ2v) is 7.85. The maximum Gasteiger partial charge on any atom is 0.339 e. The van der Waals surface area contributed by atoms with Crippen molar-refractivity contribution in [2.24, 2.45) is 0 Å². The molecule has 1 N–H and O–H groups in total. The number of esters is 1. The molecule has 6 heteroatoms. The van der Waals surface area contributed by atoms with Gasteiger partial charge in [-0.1, -0.05) is 67.6 Å². The Bertz CT molecular complexity index is 1470. The van der Waals surface area contributed by atoms with Crippen LogP contribution in [0.5, 0.6) is 0 Å². The van der Waals surface area contributed by atoms with E-state index in [2.05, 4.69) is 10.3 Å². The molecule has 0 aliphatic heterocycles. The fourth-order valence-electron chi connectivity index (χ4n) is 3.90. The van der Waals surface area contributed by atoms with Gasteiger partial charge in [-0.3, -0.25) is 4.79 Å². The molecule has 1 amide bonds. The van der Waals surface area contributed by atoms with Crippen LogP contribution in [-0.4, -0.2) is 23.0 Å². The zero-order chi connectivity index (χ0) is 23.5. The molecule has 1 aromatic heterocycles. The van der Waals surface area contributed by atoms with Gasteiger partial charge in [-0.25, -0.2) is 9.78 Å². The molecule has 5 rings (SSSR count). The molecule has 0 bridgehead atoms.